The van der Waals surface area contributed by atoms with Gasteiger partial charge in [-0.05, 0) is 148 Å². The van der Waals surface area contributed by atoms with Crippen molar-refractivity contribution >= 4 is 60.7 Å². The standard InChI is InChI=1S/C63H45N3/c1-63(2)57-24-14-12-22-51(57)52-34-33-50(41-58(52)63)66-59-25-15-13-23-53(59)54-39-44(29-36-60(54)66)45-30-37-62-56(40-45)55-38-43(28-35-61(55)65(62)48-20-10-5-11-21-48)42-26-31-49(32-27-42)64(46-16-6-3-7-17-46)47-18-8-4-9-19-47/h3-41H,1-2H3. The number of hydrogen-bond acceptors (Lipinski definition) is 1. The third-order valence-corrected chi connectivity index (χ3v) is 14.1. The Labute approximate surface area is 384 Å². The second-order valence-corrected chi connectivity index (χ2v) is 18.2. The minimum absolute atomic E-state index is 0.0749. The fourth-order valence-electron chi connectivity index (χ4n) is 10.9. The fraction of sp³-hybridized carbons (Fsp3) is 0.0476. The molecular weight excluding hydrogens is 799 g/mol. The van der Waals surface area contributed by atoms with E-state index in [2.05, 4.69) is 264 Å². The monoisotopic (exact) mass is 843 g/mol. The van der Waals surface area contributed by atoms with Crippen molar-refractivity contribution in [1.29, 1.82) is 0 Å². The van der Waals surface area contributed by atoms with E-state index in [0.717, 1.165) is 22.7 Å². The first-order chi connectivity index (χ1) is 32.5. The highest BCUT2D eigenvalue weighted by atomic mass is 15.1. The summed E-state index contributed by atoms with van der Waals surface area (Å²) >= 11 is 0. The van der Waals surface area contributed by atoms with Crippen molar-refractivity contribution in [3.63, 3.8) is 0 Å². The molecule has 0 bridgehead atoms. The zero-order valence-electron chi connectivity index (χ0n) is 36.9. The van der Waals surface area contributed by atoms with E-state index in [0.29, 0.717) is 0 Å². The Hall–Kier alpha value is -8.40. The van der Waals surface area contributed by atoms with Crippen LogP contribution in [0.4, 0.5) is 17.1 Å². The van der Waals surface area contributed by atoms with Crippen LogP contribution in [0.15, 0.2) is 237 Å². The molecule has 0 fully saturated rings. The average Bonchev–Trinajstić information content (AvgIpc) is 3.97. The summed E-state index contributed by atoms with van der Waals surface area (Å²) in [5.74, 6) is 0. The zero-order valence-corrected chi connectivity index (χ0v) is 36.9. The zero-order chi connectivity index (χ0) is 43.9. The smallest absolute Gasteiger partial charge is 0.0541 e. The molecular formula is C63H45N3. The van der Waals surface area contributed by atoms with Crippen LogP contribution >= 0.6 is 0 Å². The van der Waals surface area contributed by atoms with E-state index >= 15 is 0 Å². The molecule has 3 heteroatoms. The second-order valence-electron chi connectivity index (χ2n) is 18.2. The van der Waals surface area contributed by atoms with E-state index in [1.807, 2.05) is 0 Å². The Morgan fingerprint density at radius 1 is 0.303 bits per heavy atom. The van der Waals surface area contributed by atoms with Gasteiger partial charge in [0.25, 0.3) is 0 Å². The second kappa shape index (κ2) is 14.8. The molecule has 0 saturated heterocycles. The van der Waals surface area contributed by atoms with Gasteiger partial charge in [-0.3, -0.25) is 0 Å². The van der Waals surface area contributed by atoms with Crippen LogP contribution in [-0.2, 0) is 5.41 Å². The summed E-state index contributed by atoms with van der Waals surface area (Å²) in [6, 6.07) is 86.7. The van der Waals surface area contributed by atoms with Crippen LogP contribution in [0.25, 0.3) is 88.4 Å². The Bertz CT molecular complexity index is 3780. The minimum atomic E-state index is -0.0749. The molecule has 3 nitrogen and oxygen atoms in total. The van der Waals surface area contributed by atoms with Gasteiger partial charge in [0.15, 0.2) is 0 Å². The summed E-state index contributed by atoms with van der Waals surface area (Å²) in [4.78, 5) is 2.31. The van der Waals surface area contributed by atoms with E-state index in [-0.39, 0.29) is 5.41 Å². The van der Waals surface area contributed by atoms with Gasteiger partial charge in [-0.15, -0.1) is 0 Å². The third kappa shape index (κ3) is 5.90. The maximum atomic E-state index is 2.46. The number of benzene rings is 10. The number of nitrogens with zero attached hydrogens (tertiary/aromatic N) is 3. The van der Waals surface area contributed by atoms with Gasteiger partial charge >= 0.3 is 0 Å². The van der Waals surface area contributed by atoms with Crippen molar-refractivity contribution in [2.24, 2.45) is 0 Å². The largest absolute Gasteiger partial charge is 0.311 e. The molecule has 0 radical (unpaired) electrons. The first-order valence-electron chi connectivity index (χ1n) is 22.9. The lowest BCUT2D eigenvalue weighted by Crippen LogP contribution is -2.15. The molecule has 66 heavy (non-hydrogen) atoms. The summed E-state index contributed by atoms with van der Waals surface area (Å²) in [7, 11) is 0. The number of fused-ring (bicyclic) bond motifs is 9. The van der Waals surface area contributed by atoms with Crippen LogP contribution < -0.4 is 4.90 Å². The minimum Gasteiger partial charge on any atom is -0.311 e. The number of anilines is 3. The number of hydrogen-bond donors (Lipinski definition) is 0. The Balaban J connectivity index is 0.927. The average molecular weight is 844 g/mol. The highest BCUT2D eigenvalue weighted by molar-refractivity contribution is 6.13. The molecule has 0 atom stereocenters. The summed E-state index contributed by atoms with van der Waals surface area (Å²) in [5.41, 5.74) is 20.7. The Morgan fingerprint density at radius 3 is 1.36 bits per heavy atom. The predicted octanol–water partition coefficient (Wildman–Crippen LogP) is 17.0. The normalized spacial score (nSPS) is 12.8. The van der Waals surface area contributed by atoms with E-state index < -0.39 is 0 Å². The first kappa shape index (κ1) is 38.1. The van der Waals surface area contributed by atoms with Crippen molar-refractivity contribution in [3.8, 4) is 44.8 Å². The lowest BCUT2D eigenvalue weighted by Gasteiger charge is -2.25. The van der Waals surface area contributed by atoms with Gasteiger partial charge in [-0.1, -0.05) is 147 Å². The molecule has 0 spiro atoms. The maximum absolute atomic E-state index is 2.46. The van der Waals surface area contributed by atoms with Crippen molar-refractivity contribution in [2.75, 3.05) is 4.90 Å². The third-order valence-electron chi connectivity index (χ3n) is 14.1. The molecule has 12 aromatic rings. The van der Waals surface area contributed by atoms with Crippen molar-refractivity contribution in [1.82, 2.24) is 9.13 Å². The van der Waals surface area contributed by atoms with Crippen molar-refractivity contribution in [2.45, 2.75) is 19.3 Å². The number of rotatable bonds is 7. The van der Waals surface area contributed by atoms with E-state index in [1.165, 1.54) is 93.8 Å². The molecule has 312 valence electrons. The number of para-hydroxylation sites is 4. The van der Waals surface area contributed by atoms with Crippen molar-refractivity contribution in [3.05, 3.63) is 248 Å². The topological polar surface area (TPSA) is 13.1 Å². The van der Waals surface area contributed by atoms with Gasteiger partial charge in [0, 0.05) is 55.4 Å². The Morgan fingerprint density at radius 2 is 0.742 bits per heavy atom. The van der Waals surface area contributed by atoms with E-state index in [1.54, 1.807) is 0 Å². The van der Waals surface area contributed by atoms with Crippen LogP contribution in [0.5, 0.6) is 0 Å². The molecule has 0 unspecified atom stereocenters. The van der Waals surface area contributed by atoms with Crippen LogP contribution in [0.3, 0.4) is 0 Å². The molecule has 1 aliphatic rings. The van der Waals surface area contributed by atoms with Gasteiger partial charge in [-0.25, -0.2) is 0 Å². The molecule has 2 heterocycles. The molecule has 13 rings (SSSR count). The molecule has 2 aromatic heterocycles. The summed E-state index contributed by atoms with van der Waals surface area (Å²) in [6.45, 7) is 4.72. The molecule has 10 aromatic carbocycles. The molecule has 0 saturated carbocycles. The summed E-state index contributed by atoms with van der Waals surface area (Å²) in [5, 5.41) is 4.97. The highest BCUT2D eigenvalue weighted by Gasteiger charge is 2.35. The van der Waals surface area contributed by atoms with Gasteiger partial charge < -0.3 is 14.0 Å². The first-order valence-corrected chi connectivity index (χ1v) is 22.9. The molecule has 0 amide bonds. The summed E-state index contributed by atoms with van der Waals surface area (Å²) in [6.07, 6.45) is 0. The van der Waals surface area contributed by atoms with Crippen LogP contribution in [0.1, 0.15) is 25.0 Å². The maximum Gasteiger partial charge on any atom is 0.0541 e. The molecule has 0 aliphatic heterocycles. The molecule has 0 N–H and O–H groups in total. The molecule has 1 aliphatic carbocycles. The van der Waals surface area contributed by atoms with Gasteiger partial charge in [0.1, 0.15) is 0 Å². The Kier molecular flexibility index (Phi) is 8.56. The van der Waals surface area contributed by atoms with Gasteiger partial charge in [0.05, 0.1) is 22.1 Å². The van der Waals surface area contributed by atoms with Crippen molar-refractivity contribution < 1.29 is 0 Å². The fourth-order valence-corrected chi connectivity index (χ4v) is 10.9. The van der Waals surface area contributed by atoms with Crippen LogP contribution in [-0.4, -0.2) is 9.13 Å². The summed E-state index contributed by atoms with van der Waals surface area (Å²) < 4.78 is 4.87. The number of aromatic nitrogens is 2. The lowest BCUT2D eigenvalue weighted by molar-refractivity contribution is 0.660. The van der Waals surface area contributed by atoms with Crippen LogP contribution in [0.2, 0.25) is 0 Å². The van der Waals surface area contributed by atoms with E-state index in [4.69, 9.17) is 0 Å². The quantitative estimate of drug-likeness (QED) is 0.156. The van der Waals surface area contributed by atoms with E-state index in [9.17, 15) is 0 Å². The predicted molar refractivity (Wildman–Crippen MR) is 278 cm³/mol. The van der Waals surface area contributed by atoms with Gasteiger partial charge in [-0.2, -0.15) is 0 Å². The van der Waals surface area contributed by atoms with Crippen LogP contribution in [0, 0.1) is 0 Å². The highest BCUT2D eigenvalue weighted by Crippen LogP contribution is 2.50. The van der Waals surface area contributed by atoms with Gasteiger partial charge in [0.2, 0.25) is 0 Å². The lowest BCUT2D eigenvalue weighted by atomic mass is 9.82. The SMILES string of the molecule is CC1(C)c2ccccc2-c2ccc(-n3c4ccccc4c4cc(-c5ccc6c(c5)c5cc(-c7ccc(N(c8ccccc8)c8ccccc8)cc7)ccc5n6-c5ccccc5)ccc43)cc21.